The third-order valence-electron chi connectivity index (χ3n) is 1.62. The maximum absolute atomic E-state index is 4.17. The summed E-state index contributed by atoms with van der Waals surface area (Å²) in [5.74, 6) is 0. The lowest BCUT2D eigenvalue weighted by Crippen LogP contribution is -2.17. The standard InChI is InChI=1S/C9H15N3/c1-8-3-4-9(7-12-8)11-6-5-10-2/h3-4,7,10-11H,5-6H2,1-2H3. The number of hydrogen-bond donors (Lipinski definition) is 2. The molecule has 0 aliphatic heterocycles. The lowest BCUT2D eigenvalue weighted by molar-refractivity contribution is 0.823. The van der Waals surface area contributed by atoms with Crippen LogP contribution in [0.2, 0.25) is 0 Å². The maximum atomic E-state index is 4.17. The van der Waals surface area contributed by atoms with Gasteiger partial charge in [0.15, 0.2) is 0 Å². The van der Waals surface area contributed by atoms with E-state index in [0.717, 1.165) is 24.5 Å². The van der Waals surface area contributed by atoms with E-state index in [1.807, 2.05) is 32.3 Å². The molecule has 0 unspecified atom stereocenters. The van der Waals surface area contributed by atoms with Crippen molar-refractivity contribution in [3.05, 3.63) is 24.0 Å². The first kappa shape index (κ1) is 9.00. The molecule has 0 amide bonds. The molecular formula is C9H15N3. The summed E-state index contributed by atoms with van der Waals surface area (Å²) in [6.45, 7) is 3.88. The van der Waals surface area contributed by atoms with E-state index < -0.39 is 0 Å². The highest BCUT2D eigenvalue weighted by Gasteiger charge is 1.89. The maximum Gasteiger partial charge on any atom is 0.0527 e. The number of nitrogens with one attached hydrogen (secondary N) is 2. The van der Waals surface area contributed by atoms with Crippen LogP contribution in [0.15, 0.2) is 18.3 Å². The Balaban J connectivity index is 2.37. The fourth-order valence-electron chi connectivity index (χ4n) is 0.904. The molecule has 0 saturated carbocycles. The molecule has 0 radical (unpaired) electrons. The summed E-state index contributed by atoms with van der Waals surface area (Å²) in [5.41, 5.74) is 2.13. The van der Waals surface area contributed by atoms with Crippen LogP contribution in [0.5, 0.6) is 0 Å². The predicted molar refractivity (Wildman–Crippen MR) is 51.4 cm³/mol. The number of hydrogen-bond acceptors (Lipinski definition) is 3. The summed E-state index contributed by atoms with van der Waals surface area (Å²) in [6, 6.07) is 4.04. The molecule has 0 fully saturated rings. The predicted octanol–water partition coefficient (Wildman–Crippen LogP) is 1.02. The smallest absolute Gasteiger partial charge is 0.0527 e. The Bertz CT molecular complexity index is 218. The van der Waals surface area contributed by atoms with Gasteiger partial charge in [-0.1, -0.05) is 0 Å². The van der Waals surface area contributed by atoms with E-state index in [1.54, 1.807) is 0 Å². The fourth-order valence-corrected chi connectivity index (χ4v) is 0.904. The Morgan fingerprint density at radius 1 is 1.33 bits per heavy atom. The van der Waals surface area contributed by atoms with Crippen LogP contribution in [-0.2, 0) is 0 Å². The van der Waals surface area contributed by atoms with Gasteiger partial charge in [0.1, 0.15) is 0 Å². The Kier molecular flexibility index (Phi) is 3.54. The molecule has 0 bridgehead atoms. The normalized spacial score (nSPS) is 9.83. The number of pyridine rings is 1. The molecule has 1 aromatic heterocycles. The number of aryl methyl sites for hydroxylation is 1. The molecule has 0 spiro atoms. The highest BCUT2D eigenvalue weighted by Crippen LogP contribution is 2.03. The zero-order valence-electron chi connectivity index (χ0n) is 7.59. The fraction of sp³-hybridized carbons (Fsp3) is 0.444. The number of rotatable bonds is 4. The van der Waals surface area contributed by atoms with Crippen molar-refractivity contribution >= 4 is 5.69 Å². The number of anilines is 1. The highest BCUT2D eigenvalue weighted by molar-refractivity contribution is 5.40. The van der Waals surface area contributed by atoms with Crippen LogP contribution in [0.4, 0.5) is 5.69 Å². The molecular weight excluding hydrogens is 150 g/mol. The van der Waals surface area contributed by atoms with Crippen molar-refractivity contribution in [2.45, 2.75) is 6.92 Å². The van der Waals surface area contributed by atoms with Gasteiger partial charge in [-0.15, -0.1) is 0 Å². The van der Waals surface area contributed by atoms with Crippen LogP contribution < -0.4 is 10.6 Å². The van der Waals surface area contributed by atoms with Crippen molar-refractivity contribution in [2.75, 3.05) is 25.5 Å². The summed E-state index contributed by atoms with van der Waals surface area (Å²) in [7, 11) is 1.94. The van der Waals surface area contributed by atoms with Gasteiger partial charge in [0.2, 0.25) is 0 Å². The minimum absolute atomic E-state index is 0.932. The van der Waals surface area contributed by atoms with E-state index in [2.05, 4.69) is 15.6 Å². The molecule has 3 heteroatoms. The van der Waals surface area contributed by atoms with Gasteiger partial charge in [-0.2, -0.15) is 0 Å². The van der Waals surface area contributed by atoms with E-state index in [1.165, 1.54) is 0 Å². The van der Waals surface area contributed by atoms with Crippen molar-refractivity contribution in [1.29, 1.82) is 0 Å². The molecule has 0 aliphatic carbocycles. The van der Waals surface area contributed by atoms with Crippen LogP contribution in [0.25, 0.3) is 0 Å². The molecule has 0 atom stereocenters. The summed E-state index contributed by atoms with van der Waals surface area (Å²) in [4.78, 5) is 4.17. The molecule has 1 aromatic rings. The van der Waals surface area contributed by atoms with E-state index in [4.69, 9.17) is 0 Å². The average molecular weight is 165 g/mol. The van der Waals surface area contributed by atoms with Gasteiger partial charge in [-0.25, -0.2) is 0 Å². The van der Waals surface area contributed by atoms with Crippen molar-refractivity contribution in [2.24, 2.45) is 0 Å². The number of aromatic nitrogens is 1. The number of likely N-dealkylation sites (N-methyl/N-ethyl adjacent to an activating group) is 1. The van der Waals surface area contributed by atoms with Crippen molar-refractivity contribution in [3.8, 4) is 0 Å². The minimum atomic E-state index is 0.932. The van der Waals surface area contributed by atoms with E-state index in [9.17, 15) is 0 Å². The molecule has 66 valence electrons. The van der Waals surface area contributed by atoms with Gasteiger partial charge < -0.3 is 10.6 Å². The lowest BCUT2D eigenvalue weighted by Gasteiger charge is -2.04. The third kappa shape index (κ3) is 2.88. The van der Waals surface area contributed by atoms with E-state index in [0.29, 0.717) is 0 Å². The summed E-state index contributed by atoms with van der Waals surface area (Å²) >= 11 is 0. The van der Waals surface area contributed by atoms with Crippen LogP contribution in [0.1, 0.15) is 5.69 Å². The molecule has 0 aliphatic rings. The molecule has 3 nitrogen and oxygen atoms in total. The Hall–Kier alpha value is -1.09. The van der Waals surface area contributed by atoms with E-state index >= 15 is 0 Å². The summed E-state index contributed by atoms with van der Waals surface area (Å²) in [6.07, 6.45) is 1.85. The average Bonchev–Trinajstić information content (AvgIpc) is 2.09. The molecule has 12 heavy (non-hydrogen) atoms. The van der Waals surface area contributed by atoms with Gasteiger partial charge in [0.05, 0.1) is 11.9 Å². The van der Waals surface area contributed by atoms with E-state index in [-0.39, 0.29) is 0 Å². The largest absolute Gasteiger partial charge is 0.383 e. The quantitative estimate of drug-likeness (QED) is 0.654. The first-order valence-electron chi connectivity index (χ1n) is 4.14. The first-order valence-corrected chi connectivity index (χ1v) is 4.14. The topological polar surface area (TPSA) is 37.0 Å². The van der Waals surface area contributed by atoms with Crippen LogP contribution in [0, 0.1) is 6.92 Å². The second-order valence-electron chi connectivity index (χ2n) is 2.72. The summed E-state index contributed by atoms with van der Waals surface area (Å²) in [5, 5.41) is 6.31. The SMILES string of the molecule is CNCCNc1ccc(C)nc1. The van der Waals surface area contributed by atoms with Gasteiger partial charge in [-0.05, 0) is 26.1 Å². The second kappa shape index (κ2) is 4.72. The molecule has 0 aromatic carbocycles. The third-order valence-corrected chi connectivity index (χ3v) is 1.62. The Morgan fingerprint density at radius 2 is 2.17 bits per heavy atom. The monoisotopic (exact) mass is 165 g/mol. The minimum Gasteiger partial charge on any atom is -0.383 e. The second-order valence-corrected chi connectivity index (χ2v) is 2.72. The van der Waals surface area contributed by atoms with Crippen LogP contribution in [0.3, 0.4) is 0 Å². The molecule has 2 N–H and O–H groups in total. The van der Waals surface area contributed by atoms with Crippen molar-refractivity contribution < 1.29 is 0 Å². The van der Waals surface area contributed by atoms with Crippen molar-refractivity contribution in [3.63, 3.8) is 0 Å². The number of nitrogens with zero attached hydrogens (tertiary/aromatic N) is 1. The Labute approximate surface area is 73.2 Å². The van der Waals surface area contributed by atoms with Gasteiger partial charge in [0, 0.05) is 18.8 Å². The summed E-state index contributed by atoms with van der Waals surface area (Å²) < 4.78 is 0. The zero-order valence-corrected chi connectivity index (χ0v) is 7.59. The molecule has 0 saturated heterocycles. The molecule has 1 rings (SSSR count). The first-order chi connectivity index (χ1) is 5.83. The highest BCUT2D eigenvalue weighted by atomic mass is 14.9. The van der Waals surface area contributed by atoms with Crippen LogP contribution >= 0.6 is 0 Å². The van der Waals surface area contributed by atoms with Gasteiger partial charge in [-0.3, -0.25) is 4.98 Å². The van der Waals surface area contributed by atoms with Gasteiger partial charge in [0.25, 0.3) is 0 Å². The lowest BCUT2D eigenvalue weighted by atomic mass is 10.3. The van der Waals surface area contributed by atoms with Crippen LogP contribution in [-0.4, -0.2) is 25.1 Å². The van der Waals surface area contributed by atoms with Crippen molar-refractivity contribution in [1.82, 2.24) is 10.3 Å². The Morgan fingerprint density at radius 3 is 2.75 bits per heavy atom. The van der Waals surface area contributed by atoms with Gasteiger partial charge >= 0.3 is 0 Å². The zero-order chi connectivity index (χ0) is 8.81. The molecule has 1 heterocycles.